The molecule has 6 nitrogen and oxygen atoms in total. The highest BCUT2D eigenvalue weighted by atomic mass is 16.5. The zero-order chi connectivity index (χ0) is 43.1. The number of rotatable bonds is 45. The van der Waals surface area contributed by atoms with Gasteiger partial charge in [0.05, 0.1) is 25.2 Å². The predicted octanol–water partition coefficient (Wildman–Crippen LogP) is 15.1. The summed E-state index contributed by atoms with van der Waals surface area (Å²) in [6.07, 6.45) is 55.9. The first kappa shape index (κ1) is 56.8. The number of hydrogen-bond acceptors (Lipinski definition) is 5. The van der Waals surface area contributed by atoms with Gasteiger partial charge in [0.15, 0.2) is 0 Å². The van der Waals surface area contributed by atoms with Crippen LogP contribution in [0.5, 0.6) is 0 Å². The predicted molar refractivity (Wildman–Crippen MR) is 255 cm³/mol. The van der Waals surface area contributed by atoms with Crippen LogP contribution in [0.1, 0.15) is 252 Å². The third-order valence-electron chi connectivity index (χ3n) is 11.4. The van der Waals surface area contributed by atoms with Gasteiger partial charge < -0.3 is 20.3 Å². The molecular weight excluding hydrogens is 731 g/mol. The van der Waals surface area contributed by atoms with Crippen molar-refractivity contribution in [3.05, 3.63) is 48.6 Å². The van der Waals surface area contributed by atoms with Gasteiger partial charge in [-0.25, -0.2) is 0 Å². The largest absolute Gasteiger partial charge is 0.462 e. The van der Waals surface area contributed by atoms with Crippen molar-refractivity contribution in [3.8, 4) is 0 Å². The Balaban J connectivity index is 4.62. The van der Waals surface area contributed by atoms with Crippen LogP contribution >= 0.6 is 0 Å². The molecule has 0 aromatic carbocycles. The van der Waals surface area contributed by atoms with Gasteiger partial charge in [-0.05, 0) is 83.5 Å². The molecule has 3 unspecified atom stereocenters. The van der Waals surface area contributed by atoms with E-state index in [2.05, 4.69) is 74.7 Å². The lowest BCUT2D eigenvalue weighted by Gasteiger charge is -2.24. The number of aliphatic hydroxyl groups is 2. The maximum absolute atomic E-state index is 13.2. The summed E-state index contributed by atoms with van der Waals surface area (Å²) in [6.45, 7) is 6.35. The number of nitrogens with one attached hydrogen (secondary N) is 1. The molecule has 344 valence electrons. The Morgan fingerprint density at radius 2 is 0.915 bits per heavy atom. The van der Waals surface area contributed by atoms with Crippen LogP contribution in [0.25, 0.3) is 0 Å². The highest BCUT2D eigenvalue weighted by Crippen LogP contribution is 2.17. The average molecular weight is 828 g/mol. The van der Waals surface area contributed by atoms with E-state index < -0.39 is 18.2 Å². The van der Waals surface area contributed by atoms with Crippen LogP contribution < -0.4 is 5.32 Å². The SMILES string of the molecule is CC/C=C/C/C=C/C/C=C/CCCCCCC(CC(=O)NC(CO)C(O)CCCCCCCCCCCCC)OC(=O)CCCCCCCCC/C=C\CCCCCC. The third-order valence-corrected chi connectivity index (χ3v) is 11.4. The summed E-state index contributed by atoms with van der Waals surface area (Å²) in [7, 11) is 0. The van der Waals surface area contributed by atoms with Crippen LogP contribution in [0.2, 0.25) is 0 Å². The molecule has 0 aliphatic carbocycles. The van der Waals surface area contributed by atoms with Gasteiger partial charge in [0.2, 0.25) is 5.91 Å². The first-order valence-corrected chi connectivity index (χ1v) is 25.4. The van der Waals surface area contributed by atoms with Crippen molar-refractivity contribution in [3.63, 3.8) is 0 Å². The summed E-state index contributed by atoms with van der Waals surface area (Å²) >= 11 is 0. The second-order valence-electron chi connectivity index (χ2n) is 17.2. The Morgan fingerprint density at radius 3 is 1.42 bits per heavy atom. The van der Waals surface area contributed by atoms with Gasteiger partial charge in [-0.15, -0.1) is 0 Å². The van der Waals surface area contributed by atoms with Crippen molar-refractivity contribution in [2.75, 3.05) is 6.61 Å². The van der Waals surface area contributed by atoms with Crippen molar-refractivity contribution < 1.29 is 24.5 Å². The first-order chi connectivity index (χ1) is 29.0. The number of hydrogen-bond donors (Lipinski definition) is 3. The molecule has 0 heterocycles. The van der Waals surface area contributed by atoms with E-state index in [1.165, 1.54) is 116 Å². The Kier molecular flexibility index (Phi) is 45.1. The van der Waals surface area contributed by atoms with Gasteiger partial charge in [0.1, 0.15) is 6.10 Å². The van der Waals surface area contributed by atoms with Gasteiger partial charge in [0.25, 0.3) is 0 Å². The molecule has 0 bridgehead atoms. The Hall–Kier alpha value is -2.18. The Morgan fingerprint density at radius 1 is 0.508 bits per heavy atom. The molecule has 0 spiro atoms. The minimum atomic E-state index is -0.793. The molecule has 0 aliphatic heterocycles. The standard InChI is InChI=1S/C53H97NO5/c1-4-7-10-13-16-19-22-24-26-28-31-34-37-40-43-46-53(58)59-49(44-41-38-35-32-30-27-25-23-20-17-14-11-8-5-2)47-52(57)54-50(48-55)51(56)45-42-39-36-33-29-21-18-15-12-9-6-3/h8,11,17,19-20,22,25,27,49-51,55-56H,4-7,9-10,12-16,18,21,23-24,26,28-48H2,1-3H3,(H,54,57)/b11-8+,20-17+,22-19-,27-25+. The zero-order valence-electron chi connectivity index (χ0n) is 39.1. The van der Waals surface area contributed by atoms with E-state index in [1.807, 2.05) is 0 Å². The number of allylic oxidation sites excluding steroid dienone is 8. The van der Waals surface area contributed by atoms with Gasteiger partial charge in [-0.2, -0.15) is 0 Å². The number of ether oxygens (including phenoxy) is 1. The van der Waals surface area contributed by atoms with E-state index in [1.54, 1.807) is 0 Å². The molecule has 0 radical (unpaired) electrons. The minimum Gasteiger partial charge on any atom is -0.462 e. The van der Waals surface area contributed by atoms with Crippen LogP contribution in [0.15, 0.2) is 48.6 Å². The maximum atomic E-state index is 13.2. The molecule has 0 fully saturated rings. The van der Waals surface area contributed by atoms with Crippen molar-refractivity contribution >= 4 is 11.9 Å². The fourth-order valence-electron chi connectivity index (χ4n) is 7.56. The molecule has 0 saturated heterocycles. The lowest BCUT2D eigenvalue weighted by atomic mass is 10.0. The number of amides is 1. The molecule has 59 heavy (non-hydrogen) atoms. The highest BCUT2D eigenvalue weighted by Gasteiger charge is 2.24. The second kappa shape index (κ2) is 46.9. The molecule has 0 rings (SSSR count). The Labute approximate surface area is 366 Å². The molecule has 0 aromatic heterocycles. The lowest BCUT2D eigenvalue weighted by molar-refractivity contribution is -0.151. The van der Waals surface area contributed by atoms with Gasteiger partial charge in [0, 0.05) is 6.42 Å². The average Bonchev–Trinajstić information content (AvgIpc) is 3.23. The summed E-state index contributed by atoms with van der Waals surface area (Å²) < 4.78 is 5.92. The molecule has 1 amide bonds. The van der Waals surface area contributed by atoms with E-state index in [9.17, 15) is 19.8 Å². The third kappa shape index (κ3) is 42.3. The van der Waals surface area contributed by atoms with Gasteiger partial charge in [-0.1, -0.05) is 204 Å². The lowest BCUT2D eigenvalue weighted by Crippen LogP contribution is -2.46. The van der Waals surface area contributed by atoms with Crippen LogP contribution in [-0.4, -0.2) is 46.9 Å². The van der Waals surface area contributed by atoms with Crippen molar-refractivity contribution in [1.29, 1.82) is 0 Å². The number of carbonyl (C=O) groups excluding carboxylic acids is 2. The van der Waals surface area contributed by atoms with E-state index in [0.29, 0.717) is 19.3 Å². The number of aliphatic hydroxyl groups excluding tert-OH is 2. The number of carbonyl (C=O) groups is 2. The van der Waals surface area contributed by atoms with Crippen LogP contribution in [-0.2, 0) is 14.3 Å². The number of esters is 1. The van der Waals surface area contributed by atoms with Crippen LogP contribution in [0.4, 0.5) is 0 Å². The fourth-order valence-corrected chi connectivity index (χ4v) is 7.56. The summed E-state index contributed by atoms with van der Waals surface area (Å²) in [5.74, 6) is -0.497. The Bertz CT molecular complexity index is 1020. The van der Waals surface area contributed by atoms with Gasteiger partial charge in [-0.3, -0.25) is 9.59 Å². The van der Waals surface area contributed by atoms with Gasteiger partial charge >= 0.3 is 5.97 Å². The van der Waals surface area contributed by atoms with E-state index in [-0.39, 0.29) is 24.9 Å². The maximum Gasteiger partial charge on any atom is 0.306 e. The van der Waals surface area contributed by atoms with Crippen molar-refractivity contribution in [2.45, 2.75) is 270 Å². The van der Waals surface area contributed by atoms with E-state index >= 15 is 0 Å². The highest BCUT2D eigenvalue weighted by molar-refractivity contribution is 5.77. The molecule has 0 aromatic rings. The van der Waals surface area contributed by atoms with Crippen molar-refractivity contribution in [1.82, 2.24) is 5.32 Å². The molecule has 0 aliphatic rings. The number of unbranched alkanes of at least 4 members (excludes halogenated alkanes) is 25. The fraction of sp³-hybridized carbons (Fsp3) is 0.811. The quantitative estimate of drug-likeness (QED) is 0.0323. The van der Waals surface area contributed by atoms with E-state index in [4.69, 9.17) is 4.74 Å². The summed E-state index contributed by atoms with van der Waals surface area (Å²) in [5, 5.41) is 23.7. The monoisotopic (exact) mass is 828 g/mol. The molecule has 3 N–H and O–H groups in total. The second-order valence-corrected chi connectivity index (χ2v) is 17.2. The minimum absolute atomic E-state index is 0.0614. The first-order valence-electron chi connectivity index (χ1n) is 25.4. The summed E-state index contributed by atoms with van der Waals surface area (Å²) in [5.41, 5.74) is 0. The van der Waals surface area contributed by atoms with Crippen LogP contribution in [0.3, 0.4) is 0 Å². The smallest absolute Gasteiger partial charge is 0.306 e. The summed E-state index contributed by atoms with van der Waals surface area (Å²) in [6, 6.07) is -0.708. The van der Waals surface area contributed by atoms with Crippen LogP contribution in [0, 0.1) is 0 Å². The molecule has 3 atom stereocenters. The molecular formula is C53H97NO5. The molecule has 6 heteroatoms. The molecule has 0 saturated carbocycles. The zero-order valence-corrected chi connectivity index (χ0v) is 39.1. The normalized spacial score (nSPS) is 13.6. The van der Waals surface area contributed by atoms with E-state index in [0.717, 1.165) is 89.9 Å². The summed E-state index contributed by atoms with van der Waals surface area (Å²) in [4.78, 5) is 26.1. The van der Waals surface area contributed by atoms with Crippen molar-refractivity contribution in [2.24, 2.45) is 0 Å². The topological polar surface area (TPSA) is 95.9 Å².